The normalized spacial score (nSPS) is 14.2. The molecule has 0 radical (unpaired) electrons. The molecule has 45 heavy (non-hydrogen) atoms. The van der Waals surface area contributed by atoms with E-state index in [2.05, 4.69) is 31.0 Å². The summed E-state index contributed by atoms with van der Waals surface area (Å²) >= 11 is 0. The van der Waals surface area contributed by atoms with E-state index in [-0.39, 0.29) is 16.4 Å². The number of alkyl halides is 8. The van der Waals surface area contributed by atoms with E-state index in [1.54, 1.807) is 13.8 Å². The van der Waals surface area contributed by atoms with Crippen LogP contribution >= 0.6 is 0 Å². The zero-order valence-corrected chi connectivity index (χ0v) is 23.9. The lowest BCUT2D eigenvalue weighted by Gasteiger charge is -2.30. The van der Waals surface area contributed by atoms with E-state index < -0.39 is 85.3 Å². The summed E-state index contributed by atoms with van der Waals surface area (Å²) in [6, 6.07) is -2.82. The molecule has 2 amide bonds. The molecule has 0 aliphatic heterocycles. The molecule has 13 nitrogen and oxygen atoms in total. The highest BCUT2D eigenvalue weighted by Crippen LogP contribution is 2.33. The molecule has 0 fully saturated rings. The minimum atomic E-state index is -4.90. The van der Waals surface area contributed by atoms with Crippen molar-refractivity contribution in [1.82, 2.24) is 45.1 Å². The molecule has 2 atom stereocenters. The third-order valence-electron chi connectivity index (χ3n) is 6.16. The smallest absolute Gasteiger partial charge is 0.363 e. The molecule has 250 valence electrons. The number of nitrogens with one attached hydrogen (secondary N) is 2. The molecule has 0 bridgehead atoms. The summed E-state index contributed by atoms with van der Waals surface area (Å²) in [6.07, 6.45) is -12.2. The van der Waals surface area contributed by atoms with Gasteiger partial charge >= 0.3 is 12.4 Å². The highest BCUT2D eigenvalue weighted by atomic mass is 19.4. The third-order valence-corrected chi connectivity index (χ3v) is 6.16. The van der Waals surface area contributed by atoms with Gasteiger partial charge in [-0.25, -0.2) is 13.5 Å². The van der Waals surface area contributed by atoms with Crippen molar-refractivity contribution < 1.29 is 53.8 Å². The zero-order valence-electron chi connectivity index (χ0n) is 23.9. The van der Waals surface area contributed by atoms with Crippen molar-refractivity contribution in [3.05, 3.63) is 35.9 Å². The van der Waals surface area contributed by atoms with E-state index in [1.165, 1.54) is 16.9 Å². The molecule has 3 aromatic rings. The van der Waals surface area contributed by atoms with E-state index in [0.717, 1.165) is 0 Å². The molecule has 3 heterocycles. The number of anilines is 1. The second-order valence-electron chi connectivity index (χ2n) is 10.4. The van der Waals surface area contributed by atoms with Crippen LogP contribution in [-0.2, 0) is 16.1 Å². The van der Waals surface area contributed by atoms with Gasteiger partial charge in [0.05, 0.1) is 12.8 Å². The average molecular weight is 663 g/mol. The Hall–Kier alpha value is -4.24. The van der Waals surface area contributed by atoms with Gasteiger partial charge in [0, 0.05) is 18.7 Å². The van der Waals surface area contributed by atoms with Crippen LogP contribution in [0.5, 0.6) is 0 Å². The van der Waals surface area contributed by atoms with E-state index >= 15 is 0 Å². The van der Waals surface area contributed by atoms with Crippen LogP contribution in [0.4, 0.5) is 45.2 Å². The summed E-state index contributed by atoms with van der Waals surface area (Å²) in [6.45, 7) is 1.83. The molecule has 3 aromatic heterocycles. The quantitative estimate of drug-likeness (QED) is 0.264. The highest BCUT2D eigenvalue weighted by molar-refractivity contribution is 6.00. The predicted molar refractivity (Wildman–Crippen MR) is 133 cm³/mol. The molecule has 1 unspecified atom stereocenters. The fraction of sp³-hybridized carbons (Fsp3) is 0.609. The van der Waals surface area contributed by atoms with Crippen molar-refractivity contribution in [2.24, 2.45) is 0 Å². The number of amides is 2. The van der Waals surface area contributed by atoms with Gasteiger partial charge in [-0.15, -0.1) is 10.2 Å². The Morgan fingerprint density at radius 2 is 1.76 bits per heavy atom. The van der Waals surface area contributed by atoms with Gasteiger partial charge in [0.25, 0.3) is 11.9 Å². The molecule has 0 aliphatic carbocycles. The first kappa shape index (κ1) is 35.2. The van der Waals surface area contributed by atoms with E-state index in [4.69, 9.17) is 4.74 Å². The number of carbonyl (C=O) groups excluding carboxylic acids is 2. The Morgan fingerprint density at radius 3 is 2.33 bits per heavy atom. The Balaban J connectivity index is 1.91. The first-order chi connectivity index (χ1) is 20.7. The number of halogens is 9. The number of nitrogens with zero attached hydrogens (tertiary/aromatic N) is 8. The highest BCUT2D eigenvalue weighted by Gasteiger charge is 2.49. The number of carbonyl (C=O) groups is 2. The standard InChI is InChI=1S/C23H27F9N10O3/c1-11(2)42-14(5-6-33-42)20(44)35-13(9-45-21(3,4)23(30,31)32)19(43)34-12-8-40(37-17(12)26)15(7-16(24)25)18-36-38-39-41(18)10-22(27,28)29/h5-6,8,11,13,15-16H,7,9-10H2,1-4H3,(H,34,43)(H,35,44)/t13-,15?/m0/s1. The summed E-state index contributed by atoms with van der Waals surface area (Å²) in [5, 5.41) is 21.0. The first-order valence-corrected chi connectivity index (χ1v) is 12.9. The van der Waals surface area contributed by atoms with Gasteiger partial charge in [0.1, 0.15) is 30.0 Å². The number of tetrazole rings is 1. The van der Waals surface area contributed by atoms with Gasteiger partial charge in [0.15, 0.2) is 11.4 Å². The number of ether oxygens (including phenoxy) is 1. The SMILES string of the molecule is CC(C)n1nccc1C(=O)N[C@@H](COC(C)(C)C(F)(F)F)C(=O)Nc1cn(C(CC(F)F)c2nnnn2CC(F)(F)F)nc1F. The van der Waals surface area contributed by atoms with Gasteiger partial charge in [0.2, 0.25) is 12.3 Å². The summed E-state index contributed by atoms with van der Waals surface area (Å²) in [5.74, 6) is -4.55. The summed E-state index contributed by atoms with van der Waals surface area (Å²) in [7, 11) is 0. The summed E-state index contributed by atoms with van der Waals surface area (Å²) < 4.78 is 127. The zero-order chi connectivity index (χ0) is 33.9. The Bertz CT molecular complexity index is 1460. The predicted octanol–water partition coefficient (Wildman–Crippen LogP) is 3.69. The fourth-order valence-corrected chi connectivity index (χ4v) is 3.76. The summed E-state index contributed by atoms with van der Waals surface area (Å²) in [4.78, 5) is 26.1. The topological polar surface area (TPSA) is 147 Å². The van der Waals surface area contributed by atoms with Crippen LogP contribution in [-0.4, -0.2) is 88.6 Å². The van der Waals surface area contributed by atoms with Crippen molar-refractivity contribution in [3.63, 3.8) is 0 Å². The minimum Gasteiger partial charge on any atom is -0.363 e. The molecule has 0 saturated carbocycles. The minimum absolute atomic E-state index is 0.0803. The number of aromatic nitrogens is 8. The molecule has 3 rings (SSSR count). The van der Waals surface area contributed by atoms with Crippen LogP contribution in [0, 0.1) is 5.95 Å². The molecular weight excluding hydrogens is 635 g/mol. The Kier molecular flexibility index (Phi) is 10.5. The van der Waals surface area contributed by atoms with Crippen molar-refractivity contribution in [3.8, 4) is 0 Å². The van der Waals surface area contributed by atoms with Gasteiger partial charge in [-0.1, -0.05) is 0 Å². The van der Waals surface area contributed by atoms with E-state index in [0.29, 0.717) is 24.7 Å². The lowest BCUT2D eigenvalue weighted by atomic mass is 10.1. The van der Waals surface area contributed by atoms with Gasteiger partial charge < -0.3 is 15.4 Å². The lowest BCUT2D eigenvalue weighted by Crippen LogP contribution is -2.51. The maximum Gasteiger partial charge on any atom is 0.416 e. The molecule has 2 N–H and O–H groups in total. The molecule has 0 aromatic carbocycles. The van der Waals surface area contributed by atoms with Crippen molar-refractivity contribution in [2.45, 2.75) is 83.2 Å². The molecular formula is C23H27F9N10O3. The van der Waals surface area contributed by atoms with Crippen LogP contribution in [0.1, 0.15) is 62.5 Å². The van der Waals surface area contributed by atoms with Gasteiger partial charge in [-0.3, -0.25) is 19.0 Å². The van der Waals surface area contributed by atoms with Crippen molar-refractivity contribution in [2.75, 3.05) is 11.9 Å². The fourth-order valence-electron chi connectivity index (χ4n) is 3.76. The Morgan fingerprint density at radius 1 is 1.09 bits per heavy atom. The van der Waals surface area contributed by atoms with Crippen LogP contribution in [0.2, 0.25) is 0 Å². The third kappa shape index (κ3) is 8.91. The maximum atomic E-state index is 14.9. The molecule has 0 aliphatic rings. The molecule has 0 saturated heterocycles. The molecule has 0 spiro atoms. The number of hydrogen-bond donors (Lipinski definition) is 2. The van der Waals surface area contributed by atoms with Crippen LogP contribution in [0.3, 0.4) is 0 Å². The van der Waals surface area contributed by atoms with E-state index in [9.17, 15) is 49.1 Å². The first-order valence-electron chi connectivity index (χ1n) is 12.9. The lowest BCUT2D eigenvalue weighted by molar-refractivity contribution is -0.264. The largest absolute Gasteiger partial charge is 0.416 e. The number of rotatable bonds is 13. The van der Waals surface area contributed by atoms with Crippen molar-refractivity contribution in [1.29, 1.82) is 0 Å². The average Bonchev–Trinajstić information content (AvgIpc) is 3.64. The Labute approximate surface area is 248 Å². The van der Waals surface area contributed by atoms with Crippen LogP contribution in [0.15, 0.2) is 18.5 Å². The van der Waals surface area contributed by atoms with E-state index in [1.807, 2.05) is 5.32 Å². The van der Waals surface area contributed by atoms with Crippen LogP contribution < -0.4 is 10.6 Å². The summed E-state index contributed by atoms with van der Waals surface area (Å²) in [5.41, 5.74) is -3.70. The second-order valence-corrected chi connectivity index (χ2v) is 10.4. The van der Waals surface area contributed by atoms with Gasteiger partial charge in [-0.05, 0) is 44.2 Å². The van der Waals surface area contributed by atoms with Gasteiger partial charge in [-0.2, -0.15) is 35.8 Å². The van der Waals surface area contributed by atoms with Crippen LogP contribution in [0.25, 0.3) is 0 Å². The second kappa shape index (κ2) is 13.4. The maximum absolute atomic E-state index is 14.9. The number of hydrogen-bond acceptors (Lipinski definition) is 8. The monoisotopic (exact) mass is 662 g/mol. The molecule has 22 heteroatoms. The van der Waals surface area contributed by atoms with Crippen molar-refractivity contribution >= 4 is 17.5 Å².